The largest absolute Gasteiger partial charge is 0.481 e. The highest BCUT2D eigenvalue weighted by atomic mass is 79.9. The Morgan fingerprint density at radius 3 is 2.67 bits per heavy atom. The summed E-state index contributed by atoms with van der Waals surface area (Å²) in [6, 6.07) is 6.66. The SMILES string of the molecule is O=C(O)Cc1ccc(S(=O)(=O)Nc2ccc(Br)cc2F)s1. The van der Waals surface area contributed by atoms with Crippen molar-refractivity contribution in [3.8, 4) is 0 Å². The highest BCUT2D eigenvalue weighted by Crippen LogP contribution is 2.26. The number of carboxylic acids is 1. The molecule has 0 saturated carbocycles. The Labute approximate surface area is 132 Å². The van der Waals surface area contributed by atoms with E-state index in [1.54, 1.807) is 0 Å². The van der Waals surface area contributed by atoms with Crippen molar-refractivity contribution in [3.63, 3.8) is 0 Å². The fraction of sp³-hybridized carbons (Fsp3) is 0.0833. The number of carboxylic acid groups (broad SMARTS) is 1. The lowest BCUT2D eigenvalue weighted by Gasteiger charge is -2.07. The van der Waals surface area contributed by atoms with Gasteiger partial charge in [-0.1, -0.05) is 15.9 Å². The molecule has 9 heteroatoms. The van der Waals surface area contributed by atoms with E-state index in [0.29, 0.717) is 9.35 Å². The number of nitrogens with one attached hydrogen (secondary N) is 1. The van der Waals surface area contributed by atoms with Crippen molar-refractivity contribution < 1.29 is 22.7 Å². The van der Waals surface area contributed by atoms with Crippen LogP contribution in [0.4, 0.5) is 10.1 Å². The summed E-state index contributed by atoms with van der Waals surface area (Å²) < 4.78 is 40.4. The van der Waals surface area contributed by atoms with Crippen LogP contribution < -0.4 is 4.72 Å². The Hall–Kier alpha value is -1.45. The minimum absolute atomic E-state index is 0.0685. The number of thiophene rings is 1. The molecule has 1 heterocycles. The Balaban J connectivity index is 2.25. The molecule has 1 aromatic carbocycles. The molecule has 0 radical (unpaired) electrons. The lowest BCUT2D eigenvalue weighted by Crippen LogP contribution is -2.12. The zero-order chi connectivity index (χ0) is 15.6. The number of halogens is 2. The zero-order valence-electron chi connectivity index (χ0n) is 10.3. The second kappa shape index (κ2) is 6.12. The minimum atomic E-state index is -3.94. The van der Waals surface area contributed by atoms with E-state index in [9.17, 15) is 17.6 Å². The number of benzene rings is 1. The molecule has 0 aliphatic carbocycles. The number of hydrogen-bond acceptors (Lipinski definition) is 4. The monoisotopic (exact) mass is 393 g/mol. The van der Waals surface area contributed by atoms with Crippen LogP contribution in [-0.2, 0) is 21.2 Å². The van der Waals surface area contributed by atoms with Gasteiger partial charge in [0, 0.05) is 9.35 Å². The summed E-state index contributed by atoms with van der Waals surface area (Å²) in [5.41, 5.74) is -0.175. The molecule has 0 spiro atoms. The molecular formula is C12H9BrFNO4S2. The zero-order valence-corrected chi connectivity index (χ0v) is 13.6. The summed E-state index contributed by atoms with van der Waals surface area (Å²) in [7, 11) is -3.94. The summed E-state index contributed by atoms with van der Waals surface area (Å²) in [5, 5.41) is 8.66. The Bertz CT molecular complexity index is 788. The van der Waals surface area contributed by atoms with Gasteiger partial charge in [-0.25, -0.2) is 12.8 Å². The predicted octanol–water partition coefficient (Wildman–Crippen LogP) is 3.08. The van der Waals surface area contributed by atoms with E-state index in [1.165, 1.54) is 24.3 Å². The van der Waals surface area contributed by atoms with Gasteiger partial charge in [-0.15, -0.1) is 11.3 Å². The maximum absolute atomic E-state index is 13.6. The van der Waals surface area contributed by atoms with Gasteiger partial charge in [0.05, 0.1) is 12.1 Å². The van der Waals surface area contributed by atoms with Crippen molar-refractivity contribution in [1.29, 1.82) is 0 Å². The van der Waals surface area contributed by atoms with Gasteiger partial charge >= 0.3 is 5.97 Å². The third kappa shape index (κ3) is 4.02. The Morgan fingerprint density at radius 1 is 1.33 bits per heavy atom. The summed E-state index contributed by atoms with van der Waals surface area (Å²) in [6.45, 7) is 0. The van der Waals surface area contributed by atoms with E-state index in [0.717, 1.165) is 17.4 Å². The van der Waals surface area contributed by atoms with Crippen LogP contribution in [0.5, 0.6) is 0 Å². The summed E-state index contributed by atoms with van der Waals surface area (Å²) in [6.07, 6.45) is -0.257. The first-order valence-electron chi connectivity index (χ1n) is 5.56. The van der Waals surface area contributed by atoms with Crippen LogP contribution >= 0.6 is 27.3 Å². The van der Waals surface area contributed by atoms with Gasteiger partial charge < -0.3 is 5.11 Å². The molecule has 1 aromatic heterocycles. The second-order valence-electron chi connectivity index (χ2n) is 4.02. The first-order valence-corrected chi connectivity index (χ1v) is 8.65. The van der Waals surface area contributed by atoms with Crippen LogP contribution in [0.25, 0.3) is 0 Å². The van der Waals surface area contributed by atoms with Crippen LogP contribution in [0.2, 0.25) is 0 Å². The molecule has 2 rings (SSSR count). The summed E-state index contributed by atoms with van der Waals surface area (Å²) in [5.74, 6) is -1.76. The molecule has 0 amide bonds. The fourth-order valence-corrected chi connectivity index (χ4v) is 4.26. The van der Waals surface area contributed by atoms with Crippen molar-refractivity contribution in [1.82, 2.24) is 0 Å². The van der Waals surface area contributed by atoms with Crippen molar-refractivity contribution in [3.05, 3.63) is 45.5 Å². The number of sulfonamides is 1. The summed E-state index contributed by atoms with van der Waals surface area (Å²) in [4.78, 5) is 11.0. The molecule has 0 unspecified atom stereocenters. The molecule has 0 aliphatic rings. The van der Waals surface area contributed by atoms with Gasteiger partial charge in [0.15, 0.2) is 0 Å². The highest BCUT2D eigenvalue weighted by Gasteiger charge is 2.19. The van der Waals surface area contributed by atoms with Crippen molar-refractivity contribution in [2.45, 2.75) is 10.6 Å². The van der Waals surface area contributed by atoms with E-state index in [2.05, 4.69) is 20.7 Å². The Kier molecular flexibility index (Phi) is 4.64. The quantitative estimate of drug-likeness (QED) is 0.817. The molecule has 0 aliphatic heterocycles. The first kappa shape index (κ1) is 15.9. The molecule has 0 fully saturated rings. The van der Waals surface area contributed by atoms with Crippen molar-refractivity contribution in [2.24, 2.45) is 0 Å². The molecule has 5 nitrogen and oxygen atoms in total. The van der Waals surface area contributed by atoms with Crippen molar-refractivity contribution in [2.75, 3.05) is 4.72 Å². The average molecular weight is 394 g/mol. The molecule has 2 aromatic rings. The van der Waals surface area contributed by atoms with Crippen molar-refractivity contribution >= 4 is 48.9 Å². The minimum Gasteiger partial charge on any atom is -0.481 e. The standard InChI is InChI=1S/C12H9BrFNO4S2/c13-7-1-3-10(9(14)5-7)15-21(18,19)12-4-2-8(20-12)6-11(16)17/h1-5,15H,6H2,(H,16,17). The number of carbonyl (C=O) groups is 1. The molecule has 0 bridgehead atoms. The van der Waals surface area contributed by atoms with Crippen LogP contribution in [0.1, 0.15) is 4.88 Å². The van der Waals surface area contributed by atoms with E-state index in [-0.39, 0.29) is 16.3 Å². The molecule has 21 heavy (non-hydrogen) atoms. The van der Waals surface area contributed by atoms with Crippen LogP contribution in [-0.4, -0.2) is 19.5 Å². The van der Waals surface area contributed by atoms with Gasteiger partial charge in [0.25, 0.3) is 10.0 Å². The van der Waals surface area contributed by atoms with Gasteiger partial charge in [-0.3, -0.25) is 9.52 Å². The number of aliphatic carboxylic acids is 1. The maximum atomic E-state index is 13.6. The highest BCUT2D eigenvalue weighted by molar-refractivity contribution is 9.10. The fourth-order valence-electron chi connectivity index (χ4n) is 1.51. The van der Waals surface area contributed by atoms with Gasteiger partial charge in [0.2, 0.25) is 0 Å². The number of anilines is 1. The van der Waals surface area contributed by atoms with E-state index >= 15 is 0 Å². The maximum Gasteiger partial charge on any atom is 0.308 e. The van der Waals surface area contributed by atoms with E-state index in [1.807, 2.05) is 0 Å². The normalized spacial score (nSPS) is 11.3. The molecular weight excluding hydrogens is 385 g/mol. The lowest BCUT2D eigenvalue weighted by molar-refractivity contribution is -0.136. The van der Waals surface area contributed by atoms with Gasteiger partial charge in [-0.05, 0) is 30.3 Å². The van der Waals surface area contributed by atoms with Crippen LogP contribution in [0, 0.1) is 5.82 Å². The second-order valence-corrected chi connectivity index (χ2v) is 8.01. The van der Waals surface area contributed by atoms with Crippen LogP contribution in [0.3, 0.4) is 0 Å². The van der Waals surface area contributed by atoms with Crippen LogP contribution in [0.15, 0.2) is 39.0 Å². The Morgan fingerprint density at radius 2 is 2.05 bits per heavy atom. The first-order chi connectivity index (χ1) is 9.78. The number of hydrogen-bond donors (Lipinski definition) is 2. The van der Waals surface area contributed by atoms with E-state index < -0.39 is 21.8 Å². The molecule has 0 saturated heterocycles. The van der Waals surface area contributed by atoms with Gasteiger partial charge in [0.1, 0.15) is 10.0 Å². The average Bonchev–Trinajstić information content (AvgIpc) is 2.81. The van der Waals surface area contributed by atoms with Gasteiger partial charge in [-0.2, -0.15) is 0 Å². The summed E-state index contributed by atoms with van der Waals surface area (Å²) >= 11 is 3.91. The third-order valence-electron chi connectivity index (χ3n) is 2.40. The smallest absolute Gasteiger partial charge is 0.308 e. The molecule has 2 N–H and O–H groups in total. The third-order valence-corrected chi connectivity index (χ3v) is 5.84. The lowest BCUT2D eigenvalue weighted by atomic mass is 10.3. The van der Waals surface area contributed by atoms with E-state index in [4.69, 9.17) is 5.11 Å². The number of rotatable bonds is 5. The topological polar surface area (TPSA) is 83.5 Å². The molecule has 0 atom stereocenters. The predicted molar refractivity (Wildman–Crippen MR) is 80.6 cm³/mol. The molecule has 112 valence electrons.